The number of anilines is 1. The molecule has 0 unspecified atom stereocenters. The number of benzene rings is 1. The first-order chi connectivity index (χ1) is 6.65. The van der Waals surface area contributed by atoms with E-state index in [0.717, 1.165) is 0 Å². The molecule has 1 aromatic carbocycles. The van der Waals surface area contributed by atoms with Crippen molar-refractivity contribution in [3.05, 3.63) is 24.3 Å². The van der Waals surface area contributed by atoms with Gasteiger partial charge in [-0.1, -0.05) is 0 Å². The fourth-order valence-corrected chi connectivity index (χ4v) is 1.20. The largest absolute Gasteiger partial charge is 0.508 e. The molecule has 4 heteroatoms. The Hall–Kier alpha value is -1.55. The van der Waals surface area contributed by atoms with Crippen LogP contribution in [0.3, 0.4) is 0 Å². The molecule has 0 radical (unpaired) electrons. The lowest BCUT2D eigenvalue weighted by Gasteiger charge is -2.19. The first-order valence-corrected chi connectivity index (χ1v) is 4.33. The van der Waals surface area contributed by atoms with E-state index in [4.69, 9.17) is 10.2 Å². The van der Waals surface area contributed by atoms with Gasteiger partial charge < -0.3 is 15.1 Å². The molecule has 0 bridgehead atoms. The SMILES string of the molecule is CC(=O)N(CCO)c1ccc(O)cc1. The van der Waals surface area contributed by atoms with Gasteiger partial charge in [0.15, 0.2) is 0 Å². The lowest BCUT2D eigenvalue weighted by Crippen LogP contribution is -2.31. The van der Waals surface area contributed by atoms with E-state index in [2.05, 4.69) is 0 Å². The highest BCUT2D eigenvalue weighted by molar-refractivity contribution is 5.91. The monoisotopic (exact) mass is 195 g/mol. The number of aromatic hydroxyl groups is 1. The standard InChI is InChI=1S/C10H13NO3/c1-8(13)11(6-7-12)9-2-4-10(14)5-3-9/h2-5,12,14H,6-7H2,1H3. The maximum absolute atomic E-state index is 11.2. The lowest BCUT2D eigenvalue weighted by molar-refractivity contribution is -0.116. The minimum absolute atomic E-state index is 0.0829. The Balaban J connectivity index is 2.87. The predicted octanol–water partition coefficient (Wildman–Crippen LogP) is 0.737. The number of hydrogen-bond donors (Lipinski definition) is 2. The van der Waals surface area contributed by atoms with Gasteiger partial charge in [0.05, 0.1) is 6.61 Å². The summed E-state index contributed by atoms with van der Waals surface area (Å²) < 4.78 is 0. The van der Waals surface area contributed by atoms with E-state index in [9.17, 15) is 4.79 Å². The van der Waals surface area contributed by atoms with Gasteiger partial charge in [-0.3, -0.25) is 4.79 Å². The second-order valence-corrected chi connectivity index (χ2v) is 2.91. The molecule has 76 valence electrons. The van der Waals surface area contributed by atoms with Crippen LogP contribution in [0.5, 0.6) is 5.75 Å². The normalized spacial score (nSPS) is 9.86. The number of aliphatic hydroxyl groups excluding tert-OH is 1. The summed E-state index contributed by atoms with van der Waals surface area (Å²) in [4.78, 5) is 12.6. The third-order valence-corrected chi connectivity index (χ3v) is 1.87. The molecule has 0 atom stereocenters. The zero-order chi connectivity index (χ0) is 10.6. The van der Waals surface area contributed by atoms with Crippen molar-refractivity contribution in [3.8, 4) is 5.75 Å². The Kier molecular flexibility index (Phi) is 3.48. The summed E-state index contributed by atoms with van der Waals surface area (Å²) in [6.45, 7) is 1.61. The molecule has 1 aromatic rings. The number of phenolic OH excluding ortho intramolecular Hbond substituents is 1. The Bertz CT molecular complexity index is 308. The Morgan fingerprint density at radius 2 is 1.93 bits per heavy atom. The van der Waals surface area contributed by atoms with Crippen LogP contribution in [0.2, 0.25) is 0 Å². The van der Waals surface area contributed by atoms with Crippen LogP contribution in [0.4, 0.5) is 5.69 Å². The molecule has 0 aliphatic heterocycles. The molecule has 2 N–H and O–H groups in total. The molecule has 0 saturated carbocycles. The van der Waals surface area contributed by atoms with E-state index < -0.39 is 0 Å². The van der Waals surface area contributed by atoms with Crippen molar-refractivity contribution in [2.45, 2.75) is 6.92 Å². The molecule has 0 heterocycles. The molecular formula is C10H13NO3. The van der Waals surface area contributed by atoms with Crippen LogP contribution in [0.25, 0.3) is 0 Å². The third-order valence-electron chi connectivity index (χ3n) is 1.87. The predicted molar refractivity (Wildman–Crippen MR) is 53.2 cm³/mol. The smallest absolute Gasteiger partial charge is 0.223 e. The summed E-state index contributed by atoms with van der Waals surface area (Å²) in [6.07, 6.45) is 0. The topological polar surface area (TPSA) is 60.8 Å². The molecule has 0 aliphatic carbocycles. The van der Waals surface area contributed by atoms with Crippen molar-refractivity contribution in [3.63, 3.8) is 0 Å². The zero-order valence-electron chi connectivity index (χ0n) is 7.97. The second kappa shape index (κ2) is 4.62. The molecule has 1 amide bonds. The fraction of sp³-hybridized carbons (Fsp3) is 0.300. The Labute approximate surface area is 82.4 Å². The van der Waals surface area contributed by atoms with Crippen LogP contribution < -0.4 is 4.90 Å². The molecule has 1 rings (SSSR count). The van der Waals surface area contributed by atoms with Crippen LogP contribution >= 0.6 is 0 Å². The molecule has 0 aliphatic rings. The van der Waals surface area contributed by atoms with Crippen molar-refractivity contribution in [1.29, 1.82) is 0 Å². The molecular weight excluding hydrogens is 182 g/mol. The lowest BCUT2D eigenvalue weighted by atomic mass is 10.2. The number of nitrogens with zero attached hydrogens (tertiary/aromatic N) is 1. The summed E-state index contributed by atoms with van der Waals surface area (Å²) in [7, 11) is 0. The maximum Gasteiger partial charge on any atom is 0.223 e. The van der Waals surface area contributed by atoms with Crippen molar-refractivity contribution in [1.82, 2.24) is 0 Å². The van der Waals surface area contributed by atoms with Crippen molar-refractivity contribution in [2.24, 2.45) is 0 Å². The van der Waals surface area contributed by atoms with E-state index in [1.54, 1.807) is 12.1 Å². The summed E-state index contributed by atoms with van der Waals surface area (Å²) in [5, 5.41) is 17.8. The van der Waals surface area contributed by atoms with Crippen LogP contribution in [-0.2, 0) is 4.79 Å². The van der Waals surface area contributed by atoms with Gasteiger partial charge in [0.1, 0.15) is 5.75 Å². The van der Waals surface area contributed by atoms with E-state index in [1.807, 2.05) is 0 Å². The summed E-state index contributed by atoms with van der Waals surface area (Å²) >= 11 is 0. The summed E-state index contributed by atoms with van der Waals surface area (Å²) in [6, 6.07) is 6.27. The highest BCUT2D eigenvalue weighted by atomic mass is 16.3. The summed E-state index contributed by atoms with van der Waals surface area (Å²) in [5.74, 6) is 0.0194. The van der Waals surface area contributed by atoms with Gasteiger partial charge in [0.2, 0.25) is 5.91 Å². The fourth-order valence-electron chi connectivity index (χ4n) is 1.20. The second-order valence-electron chi connectivity index (χ2n) is 2.91. The van der Waals surface area contributed by atoms with Crippen molar-refractivity contribution in [2.75, 3.05) is 18.1 Å². The highest BCUT2D eigenvalue weighted by Crippen LogP contribution is 2.18. The van der Waals surface area contributed by atoms with Crippen molar-refractivity contribution >= 4 is 11.6 Å². The van der Waals surface area contributed by atoms with E-state index in [1.165, 1.54) is 24.0 Å². The Morgan fingerprint density at radius 1 is 1.36 bits per heavy atom. The molecule has 0 fully saturated rings. The van der Waals surface area contributed by atoms with Crippen LogP contribution in [0.1, 0.15) is 6.92 Å². The number of aliphatic hydroxyl groups is 1. The van der Waals surface area contributed by atoms with E-state index >= 15 is 0 Å². The number of phenols is 1. The van der Waals surface area contributed by atoms with E-state index in [-0.39, 0.29) is 24.8 Å². The zero-order valence-corrected chi connectivity index (χ0v) is 7.97. The number of carbonyl (C=O) groups is 1. The average molecular weight is 195 g/mol. The van der Waals surface area contributed by atoms with Gasteiger partial charge in [-0.2, -0.15) is 0 Å². The summed E-state index contributed by atoms with van der Waals surface area (Å²) in [5.41, 5.74) is 0.671. The minimum atomic E-state index is -0.135. The Morgan fingerprint density at radius 3 is 2.36 bits per heavy atom. The first kappa shape index (κ1) is 10.5. The third kappa shape index (κ3) is 2.47. The minimum Gasteiger partial charge on any atom is -0.508 e. The molecule has 4 nitrogen and oxygen atoms in total. The molecule has 0 saturated heterocycles. The number of carbonyl (C=O) groups excluding carboxylic acids is 1. The van der Waals surface area contributed by atoms with Gasteiger partial charge in [0, 0.05) is 19.2 Å². The number of amides is 1. The van der Waals surface area contributed by atoms with Gasteiger partial charge in [0.25, 0.3) is 0 Å². The quantitative estimate of drug-likeness (QED) is 0.747. The van der Waals surface area contributed by atoms with Crippen molar-refractivity contribution < 1.29 is 15.0 Å². The van der Waals surface area contributed by atoms with Gasteiger partial charge >= 0.3 is 0 Å². The number of hydrogen-bond acceptors (Lipinski definition) is 3. The van der Waals surface area contributed by atoms with E-state index in [0.29, 0.717) is 5.69 Å². The average Bonchev–Trinajstić information content (AvgIpc) is 2.15. The van der Waals surface area contributed by atoms with Crippen LogP contribution in [0.15, 0.2) is 24.3 Å². The van der Waals surface area contributed by atoms with Gasteiger partial charge in [-0.25, -0.2) is 0 Å². The number of rotatable bonds is 3. The van der Waals surface area contributed by atoms with Gasteiger partial charge in [-0.05, 0) is 24.3 Å². The molecule has 0 aromatic heterocycles. The van der Waals surface area contributed by atoms with Crippen LogP contribution in [-0.4, -0.2) is 29.3 Å². The molecule has 14 heavy (non-hydrogen) atoms. The van der Waals surface area contributed by atoms with Gasteiger partial charge in [-0.15, -0.1) is 0 Å². The molecule has 0 spiro atoms. The maximum atomic E-state index is 11.2. The van der Waals surface area contributed by atoms with Crippen LogP contribution in [0, 0.1) is 0 Å². The highest BCUT2D eigenvalue weighted by Gasteiger charge is 2.09. The first-order valence-electron chi connectivity index (χ1n) is 4.33.